The van der Waals surface area contributed by atoms with Gasteiger partial charge in [-0.2, -0.15) is 0 Å². The van der Waals surface area contributed by atoms with E-state index in [-0.39, 0.29) is 42.0 Å². The number of nitrogens with one attached hydrogen (secondary N) is 1. The van der Waals surface area contributed by atoms with E-state index in [1.54, 1.807) is 58.3 Å². The highest BCUT2D eigenvalue weighted by Crippen LogP contribution is 2.32. The van der Waals surface area contributed by atoms with Crippen molar-refractivity contribution in [3.63, 3.8) is 0 Å². The van der Waals surface area contributed by atoms with E-state index in [2.05, 4.69) is 5.32 Å². The van der Waals surface area contributed by atoms with Gasteiger partial charge in [0.25, 0.3) is 11.8 Å². The number of fused-ring (bicyclic) bond motifs is 1. The van der Waals surface area contributed by atoms with Crippen LogP contribution in [0.1, 0.15) is 47.4 Å². The second-order valence-electron chi connectivity index (χ2n) is 10.7. The summed E-state index contributed by atoms with van der Waals surface area (Å²) >= 11 is 0. The summed E-state index contributed by atoms with van der Waals surface area (Å²) in [4.78, 5) is 56.3. The van der Waals surface area contributed by atoms with Gasteiger partial charge in [0.1, 0.15) is 23.6 Å². The van der Waals surface area contributed by atoms with Crippen LogP contribution in [-0.2, 0) is 9.59 Å². The predicted molar refractivity (Wildman–Crippen MR) is 150 cm³/mol. The Morgan fingerprint density at radius 1 is 0.850 bits per heavy atom. The Morgan fingerprint density at radius 2 is 1.48 bits per heavy atom. The average Bonchev–Trinajstić information content (AvgIpc) is 3.54. The van der Waals surface area contributed by atoms with Crippen molar-refractivity contribution < 1.29 is 23.9 Å². The molecule has 5 rings (SSSR count). The molecule has 206 valence electrons. The Balaban J connectivity index is 1.27. The summed E-state index contributed by atoms with van der Waals surface area (Å²) < 4.78 is 5.80. The first-order valence-corrected chi connectivity index (χ1v) is 13.6. The molecule has 1 N–H and O–H groups in total. The molecule has 3 aromatic rings. The van der Waals surface area contributed by atoms with E-state index in [0.29, 0.717) is 42.0 Å². The maximum atomic E-state index is 13.8. The normalized spacial score (nSPS) is 18.9. The predicted octanol–water partition coefficient (Wildman–Crippen LogP) is 4.32. The smallest absolute Gasteiger partial charge is 0.254 e. The van der Waals surface area contributed by atoms with Gasteiger partial charge in [-0.3, -0.25) is 19.2 Å². The van der Waals surface area contributed by atoms with E-state index in [1.807, 2.05) is 50.2 Å². The molecule has 3 atom stereocenters. The van der Waals surface area contributed by atoms with Gasteiger partial charge >= 0.3 is 0 Å². The van der Waals surface area contributed by atoms with E-state index in [0.717, 1.165) is 0 Å². The minimum atomic E-state index is -0.793. The first-order valence-electron chi connectivity index (χ1n) is 13.6. The first kappa shape index (κ1) is 27.1. The summed E-state index contributed by atoms with van der Waals surface area (Å²) in [7, 11) is 0. The molecule has 0 spiro atoms. The van der Waals surface area contributed by atoms with Gasteiger partial charge in [-0.1, -0.05) is 50.2 Å². The lowest BCUT2D eigenvalue weighted by molar-refractivity contribution is -0.138. The lowest BCUT2D eigenvalue weighted by Crippen LogP contribution is -2.53. The fraction of sp³-hybridized carbons (Fsp3) is 0.312. The average molecular weight is 540 g/mol. The van der Waals surface area contributed by atoms with Crippen LogP contribution in [0.5, 0.6) is 11.5 Å². The van der Waals surface area contributed by atoms with Gasteiger partial charge in [0.15, 0.2) is 5.78 Å². The molecule has 0 aliphatic carbocycles. The fourth-order valence-electron chi connectivity index (χ4n) is 5.52. The van der Waals surface area contributed by atoms with Crippen molar-refractivity contribution in [1.82, 2.24) is 15.1 Å². The van der Waals surface area contributed by atoms with E-state index in [9.17, 15) is 19.2 Å². The van der Waals surface area contributed by atoms with Gasteiger partial charge in [-0.05, 0) is 67.3 Å². The molecule has 40 heavy (non-hydrogen) atoms. The number of para-hydroxylation sites is 1. The van der Waals surface area contributed by atoms with Crippen LogP contribution in [0.25, 0.3) is 0 Å². The van der Waals surface area contributed by atoms with Crippen molar-refractivity contribution in [3.8, 4) is 11.5 Å². The van der Waals surface area contributed by atoms with Crippen molar-refractivity contribution in [1.29, 1.82) is 0 Å². The molecular formula is C32H33N3O5. The van der Waals surface area contributed by atoms with Gasteiger partial charge in [-0.25, -0.2) is 0 Å². The number of hydrogen-bond donors (Lipinski definition) is 1. The Labute approximate surface area is 233 Å². The molecule has 2 fully saturated rings. The molecule has 2 aliphatic heterocycles. The Morgan fingerprint density at radius 3 is 2.12 bits per heavy atom. The van der Waals surface area contributed by atoms with Crippen molar-refractivity contribution in [2.24, 2.45) is 5.92 Å². The molecule has 3 amide bonds. The van der Waals surface area contributed by atoms with Gasteiger partial charge in [-0.15, -0.1) is 0 Å². The van der Waals surface area contributed by atoms with Crippen LogP contribution in [0.4, 0.5) is 0 Å². The third kappa shape index (κ3) is 5.76. The Kier molecular flexibility index (Phi) is 7.96. The molecular weight excluding hydrogens is 506 g/mol. The van der Waals surface area contributed by atoms with Crippen LogP contribution in [0.15, 0.2) is 84.9 Å². The topological polar surface area (TPSA) is 96.0 Å². The van der Waals surface area contributed by atoms with Crippen molar-refractivity contribution in [2.45, 2.75) is 44.8 Å². The van der Waals surface area contributed by atoms with Crippen LogP contribution < -0.4 is 10.1 Å². The van der Waals surface area contributed by atoms with Crippen LogP contribution in [0.2, 0.25) is 0 Å². The number of benzene rings is 3. The number of carbonyl (C=O) groups excluding carboxylic acids is 4. The first-order chi connectivity index (χ1) is 19.3. The maximum Gasteiger partial charge on any atom is 0.254 e. The summed E-state index contributed by atoms with van der Waals surface area (Å²) in [5.74, 6) is 0.392. The molecule has 3 unspecified atom stereocenters. The quantitative estimate of drug-likeness (QED) is 0.460. The number of rotatable bonds is 8. The van der Waals surface area contributed by atoms with Crippen LogP contribution in [-0.4, -0.2) is 64.5 Å². The summed E-state index contributed by atoms with van der Waals surface area (Å²) in [5, 5.41) is 2.90. The summed E-state index contributed by atoms with van der Waals surface area (Å²) in [6.07, 6.45) is 0.945. The number of carbonyl (C=O) groups is 4. The molecule has 0 aromatic heterocycles. The van der Waals surface area contributed by atoms with E-state index >= 15 is 0 Å². The third-order valence-electron chi connectivity index (χ3n) is 7.39. The molecule has 2 aliphatic rings. The van der Waals surface area contributed by atoms with E-state index in [1.165, 1.54) is 0 Å². The minimum absolute atomic E-state index is 0.0224. The lowest BCUT2D eigenvalue weighted by atomic mass is 10.0. The standard InChI is InChI=1S/C32H33N3O5/c1-21(2)19-26(33-30(37)22-13-15-25(16-14-22)40-24-11-7-4-8-12-24)32(39)34-18-17-27-29(34)28(36)20-35(27)31(38)23-9-5-3-6-10-23/h3-16,21,26-27,29H,17-20H2,1-2H3,(H,33,37). The minimum Gasteiger partial charge on any atom is -0.457 e. The van der Waals surface area contributed by atoms with Crippen molar-refractivity contribution >= 4 is 23.5 Å². The molecule has 8 nitrogen and oxygen atoms in total. The molecule has 3 aromatic carbocycles. The lowest BCUT2D eigenvalue weighted by Gasteiger charge is -2.29. The number of likely N-dealkylation sites (tertiary alicyclic amines) is 2. The Bertz CT molecular complexity index is 1370. The number of ether oxygens (including phenoxy) is 1. The molecule has 0 bridgehead atoms. The zero-order valence-electron chi connectivity index (χ0n) is 22.7. The Hall–Kier alpha value is -4.46. The summed E-state index contributed by atoms with van der Waals surface area (Å²) in [5.41, 5.74) is 0.920. The zero-order chi connectivity index (χ0) is 28.2. The van der Waals surface area contributed by atoms with Gasteiger partial charge in [0, 0.05) is 17.7 Å². The largest absolute Gasteiger partial charge is 0.457 e. The third-order valence-corrected chi connectivity index (χ3v) is 7.39. The number of nitrogens with zero attached hydrogens (tertiary/aromatic N) is 2. The summed E-state index contributed by atoms with van der Waals surface area (Å²) in [6.45, 7) is 4.30. The highest BCUT2D eigenvalue weighted by Gasteiger charge is 2.52. The second-order valence-corrected chi connectivity index (χ2v) is 10.7. The van der Waals surface area contributed by atoms with Crippen LogP contribution in [0, 0.1) is 5.92 Å². The maximum absolute atomic E-state index is 13.8. The van der Waals surface area contributed by atoms with Gasteiger partial charge in [0.2, 0.25) is 5.91 Å². The van der Waals surface area contributed by atoms with E-state index < -0.39 is 12.1 Å². The monoisotopic (exact) mass is 539 g/mol. The highest BCUT2D eigenvalue weighted by molar-refractivity contribution is 6.03. The zero-order valence-corrected chi connectivity index (χ0v) is 22.7. The molecule has 2 saturated heterocycles. The summed E-state index contributed by atoms with van der Waals surface area (Å²) in [6, 6.07) is 23.1. The van der Waals surface area contributed by atoms with Gasteiger partial charge in [0.05, 0.1) is 12.6 Å². The van der Waals surface area contributed by atoms with Gasteiger partial charge < -0.3 is 19.9 Å². The molecule has 0 radical (unpaired) electrons. The van der Waals surface area contributed by atoms with E-state index in [4.69, 9.17) is 4.74 Å². The molecule has 0 saturated carbocycles. The van der Waals surface area contributed by atoms with Crippen LogP contribution in [0.3, 0.4) is 0 Å². The molecule has 2 heterocycles. The number of ketones is 1. The SMILES string of the molecule is CC(C)CC(NC(=O)c1ccc(Oc2ccccc2)cc1)C(=O)N1CCC2C1C(=O)CN2C(=O)c1ccccc1. The number of amides is 3. The van der Waals surface area contributed by atoms with Crippen molar-refractivity contribution in [3.05, 3.63) is 96.1 Å². The number of Topliss-reactive ketones (excluding diaryl/α,β-unsaturated/α-hetero) is 1. The number of hydrogen-bond acceptors (Lipinski definition) is 5. The molecule has 8 heteroatoms. The fourth-order valence-corrected chi connectivity index (χ4v) is 5.52. The van der Waals surface area contributed by atoms with Crippen LogP contribution >= 0.6 is 0 Å². The van der Waals surface area contributed by atoms with Crippen molar-refractivity contribution in [2.75, 3.05) is 13.1 Å². The highest BCUT2D eigenvalue weighted by atomic mass is 16.5. The second kappa shape index (κ2) is 11.7.